The van der Waals surface area contributed by atoms with Crippen molar-refractivity contribution in [2.45, 2.75) is 13.5 Å². The largest absolute Gasteiger partial charge is 0.493 e. The van der Waals surface area contributed by atoms with Crippen molar-refractivity contribution in [1.82, 2.24) is 14.8 Å². The van der Waals surface area contributed by atoms with Crippen LogP contribution in [-0.2, 0) is 6.54 Å². The molecule has 0 aliphatic carbocycles. The number of carbonyl (C=O) groups is 1. The van der Waals surface area contributed by atoms with Crippen LogP contribution in [0.15, 0.2) is 42.7 Å². The summed E-state index contributed by atoms with van der Waals surface area (Å²) in [5.41, 5.74) is 4.06. The standard InChI is InChI=1S/C18H14N4O2/c1-12-6-13(7-19)3-5-16(12)17-9-21-22(18(17)24)10-15-4-2-14(11-23)8-20-15/h2-6,8-9,11,24H,10H2,1H3. The second-order valence-electron chi connectivity index (χ2n) is 5.38. The molecule has 0 radical (unpaired) electrons. The minimum Gasteiger partial charge on any atom is -0.493 e. The normalized spacial score (nSPS) is 10.3. The zero-order valence-electron chi connectivity index (χ0n) is 13.0. The Morgan fingerprint density at radius 2 is 2.08 bits per heavy atom. The predicted molar refractivity (Wildman–Crippen MR) is 87.5 cm³/mol. The van der Waals surface area contributed by atoms with Gasteiger partial charge in [0.25, 0.3) is 0 Å². The number of rotatable bonds is 4. The molecule has 24 heavy (non-hydrogen) atoms. The van der Waals surface area contributed by atoms with Crippen molar-refractivity contribution in [2.24, 2.45) is 0 Å². The van der Waals surface area contributed by atoms with E-state index < -0.39 is 0 Å². The van der Waals surface area contributed by atoms with E-state index >= 15 is 0 Å². The van der Waals surface area contributed by atoms with Gasteiger partial charge in [0.1, 0.15) is 0 Å². The number of hydrogen-bond acceptors (Lipinski definition) is 5. The Balaban J connectivity index is 1.91. The lowest BCUT2D eigenvalue weighted by molar-refractivity contribution is 0.112. The molecular weight excluding hydrogens is 304 g/mol. The summed E-state index contributed by atoms with van der Waals surface area (Å²) in [4.78, 5) is 14.8. The molecule has 6 nitrogen and oxygen atoms in total. The Hall–Kier alpha value is -3.46. The van der Waals surface area contributed by atoms with Gasteiger partial charge in [0.2, 0.25) is 5.88 Å². The zero-order chi connectivity index (χ0) is 17.1. The maximum absolute atomic E-state index is 10.7. The molecule has 6 heteroatoms. The van der Waals surface area contributed by atoms with E-state index in [0.717, 1.165) is 17.4 Å². The molecule has 0 saturated carbocycles. The number of benzene rings is 1. The van der Waals surface area contributed by atoms with Crippen LogP contribution < -0.4 is 0 Å². The van der Waals surface area contributed by atoms with Gasteiger partial charge in [0.05, 0.1) is 35.6 Å². The van der Waals surface area contributed by atoms with Crippen LogP contribution in [0.25, 0.3) is 11.1 Å². The van der Waals surface area contributed by atoms with Crippen LogP contribution in [0.4, 0.5) is 0 Å². The van der Waals surface area contributed by atoms with Crippen molar-refractivity contribution in [3.05, 3.63) is 65.1 Å². The molecule has 2 heterocycles. The van der Waals surface area contributed by atoms with Crippen LogP contribution >= 0.6 is 0 Å². The third-order valence-corrected chi connectivity index (χ3v) is 3.75. The van der Waals surface area contributed by atoms with Crippen molar-refractivity contribution in [3.8, 4) is 23.1 Å². The first-order valence-corrected chi connectivity index (χ1v) is 7.28. The minimum absolute atomic E-state index is 0.0315. The van der Waals surface area contributed by atoms with Gasteiger partial charge in [-0.15, -0.1) is 0 Å². The number of aromatic hydroxyl groups is 1. The van der Waals surface area contributed by atoms with Crippen LogP contribution in [0, 0.1) is 18.3 Å². The summed E-state index contributed by atoms with van der Waals surface area (Å²) in [6.07, 6.45) is 3.80. The van der Waals surface area contributed by atoms with E-state index in [-0.39, 0.29) is 5.88 Å². The van der Waals surface area contributed by atoms with Gasteiger partial charge in [-0.1, -0.05) is 6.07 Å². The summed E-state index contributed by atoms with van der Waals surface area (Å²) >= 11 is 0. The Bertz CT molecular complexity index is 937. The second kappa shape index (κ2) is 6.34. The average molecular weight is 318 g/mol. The smallest absolute Gasteiger partial charge is 0.217 e. The van der Waals surface area contributed by atoms with Gasteiger partial charge in [-0.25, -0.2) is 4.68 Å². The Labute approximate surface area is 138 Å². The zero-order valence-corrected chi connectivity index (χ0v) is 13.0. The van der Waals surface area contributed by atoms with E-state index in [4.69, 9.17) is 5.26 Å². The van der Waals surface area contributed by atoms with Crippen molar-refractivity contribution in [3.63, 3.8) is 0 Å². The topological polar surface area (TPSA) is 91.8 Å². The third-order valence-electron chi connectivity index (χ3n) is 3.75. The fraction of sp³-hybridized carbons (Fsp3) is 0.111. The molecule has 0 aliphatic rings. The molecule has 0 spiro atoms. The molecule has 2 aromatic heterocycles. The Morgan fingerprint density at radius 1 is 1.25 bits per heavy atom. The van der Waals surface area contributed by atoms with E-state index in [2.05, 4.69) is 16.2 Å². The van der Waals surface area contributed by atoms with Gasteiger partial charge in [0.15, 0.2) is 6.29 Å². The van der Waals surface area contributed by atoms with Crippen LogP contribution in [-0.4, -0.2) is 26.2 Å². The summed E-state index contributed by atoms with van der Waals surface area (Å²) < 4.78 is 1.44. The maximum Gasteiger partial charge on any atom is 0.217 e. The quantitative estimate of drug-likeness (QED) is 0.747. The Morgan fingerprint density at radius 3 is 2.71 bits per heavy atom. The van der Waals surface area contributed by atoms with Gasteiger partial charge in [-0.3, -0.25) is 9.78 Å². The number of hydrogen-bond donors (Lipinski definition) is 1. The molecule has 1 aromatic carbocycles. The van der Waals surface area contributed by atoms with Crippen LogP contribution in [0.1, 0.15) is 27.2 Å². The molecular formula is C18H14N4O2. The molecule has 118 valence electrons. The summed E-state index contributed by atoms with van der Waals surface area (Å²) in [5.74, 6) is 0.0315. The Kier molecular flexibility index (Phi) is 4.08. The molecule has 0 atom stereocenters. The lowest BCUT2D eigenvalue weighted by Gasteiger charge is -2.06. The predicted octanol–water partition coefficient (Wildman–Crippen LogP) is 2.69. The first-order chi connectivity index (χ1) is 11.6. The van der Waals surface area contributed by atoms with E-state index in [1.165, 1.54) is 10.9 Å². The fourth-order valence-corrected chi connectivity index (χ4v) is 2.47. The summed E-state index contributed by atoms with van der Waals surface area (Å²) in [6.45, 7) is 2.17. The fourth-order valence-electron chi connectivity index (χ4n) is 2.47. The number of nitrogens with zero attached hydrogens (tertiary/aromatic N) is 4. The lowest BCUT2D eigenvalue weighted by Crippen LogP contribution is -2.03. The van der Waals surface area contributed by atoms with Gasteiger partial charge < -0.3 is 5.11 Å². The third kappa shape index (κ3) is 2.88. The van der Waals surface area contributed by atoms with Crippen LogP contribution in [0.3, 0.4) is 0 Å². The van der Waals surface area contributed by atoms with Gasteiger partial charge in [0, 0.05) is 11.8 Å². The lowest BCUT2D eigenvalue weighted by atomic mass is 10.0. The van der Waals surface area contributed by atoms with E-state index in [9.17, 15) is 9.90 Å². The first-order valence-electron chi connectivity index (χ1n) is 7.28. The molecule has 3 aromatic rings. The number of nitriles is 1. The van der Waals surface area contributed by atoms with Crippen molar-refractivity contribution in [2.75, 3.05) is 0 Å². The van der Waals surface area contributed by atoms with Gasteiger partial charge in [-0.2, -0.15) is 10.4 Å². The number of pyridine rings is 1. The monoisotopic (exact) mass is 318 g/mol. The SMILES string of the molecule is Cc1cc(C#N)ccc1-c1cnn(Cc2ccc(C=O)cn2)c1O. The van der Waals surface area contributed by atoms with Crippen LogP contribution in [0.2, 0.25) is 0 Å². The molecule has 0 saturated heterocycles. The van der Waals surface area contributed by atoms with Gasteiger partial charge in [-0.05, 0) is 42.3 Å². The number of aromatic nitrogens is 3. The highest BCUT2D eigenvalue weighted by molar-refractivity contribution is 5.74. The van der Waals surface area contributed by atoms with Crippen molar-refractivity contribution in [1.29, 1.82) is 5.26 Å². The van der Waals surface area contributed by atoms with Crippen molar-refractivity contribution >= 4 is 6.29 Å². The molecule has 0 aliphatic heterocycles. The minimum atomic E-state index is 0.0315. The molecule has 0 amide bonds. The number of aryl methyl sites for hydroxylation is 1. The van der Waals surface area contributed by atoms with E-state index in [0.29, 0.717) is 28.9 Å². The second-order valence-corrected chi connectivity index (χ2v) is 5.38. The van der Waals surface area contributed by atoms with Gasteiger partial charge >= 0.3 is 0 Å². The van der Waals surface area contributed by atoms with E-state index in [1.807, 2.05) is 6.92 Å². The highest BCUT2D eigenvalue weighted by Crippen LogP contribution is 2.32. The molecule has 0 unspecified atom stereocenters. The summed E-state index contributed by atoms with van der Waals surface area (Å²) in [7, 11) is 0. The highest BCUT2D eigenvalue weighted by Gasteiger charge is 2.14. The summed E-state index contributed by atoms with van der Waals surface area (Å²) in [5, 5.41) is 23.6. The molecule has 0 fully saturated rings. The molecule has 3 rings (SSSR count). The summed E-state index contributed by atoms with van der Waals surface area (Å²) in [6, 6.07) is 10.8. The number of aldehydes is 1. The highest BCUT2D eigenvalue weighted by atomic mass is 16.3. The molecule has 1 N–H and O–H groups in total. The average Bonchev–Trinajstić information content (AvgIpc) is 2.96. The first kappa shape index (κ1) is 15.4. The van der Waals surface area contributed by atoms with E-state index in [1.54, 1.807) is 36.5 Å². The molecule has 0 bridgehead atoms. The number of carbonyl (C=O) groups excluding carboxylic acids is 1. The van der Waals surface area contributed by atoms with Crippen LogP contribution in [0.5, 0.6) is 5.88 Å². The maximum atomic E-state index is 10.7. The van der Waals surface area contributed by atoms with Crippen molar-refractivity contribution < 1.29 is 9.90 Å².